The van der Waals surface area contributed by atoms with Crippen molar-refractivity contribution in [2.24, 2.45) is 0 Å². The van der Waals surface area contributed by atoms with Crippen LogP contribution >= 0.6 is 0 Å². The van der Waals surface area contributed by atoms with Crippen LogP contribution in [0.25, 0.3) is 0 Å². The number of aliphatic hydroxyl groups is 1. The van der Waals surface area contributed by atoms with E-state index >= 15 is 0 Å². The van der Waals surface area contributed by atoms with Crippen molar-refractivity contribution in [3.05, 3.63) is 35.4 Å². The van der Waals surface area contributed by atoms with Crippen molar-refractivity contribution in [3.8, 4) is 0 Å². The molecule has 0 spiro atoms. The molecule has 1 aliphatic heterocycles. The molecule has 1 aromatic carbocycles. The zero-order valence-electron chi connectivity index (χ0n) is 15.8. The second-order valence-corrected chi connectivity index (χ2v) is 8.51. The van der Waals surface area contributed by atoms with Crippen LogP contribution in [0, 0.1) is 0 Å². The number of hydrogen-bond acceptors (Lipinski definition) is 2. The summed E-state index contributed by atoms with van der Waals surface area (Å²) in [5.74, 6) is 0. The molecule has 2 N–H and O–H groups in total. The Balaban J connectivity index is 1.62. The Morgan fingerprint density at radius 2 is 1.96 bits per heavy atom. The summed E-state index contributed by atoms with van der Waals surface area (Å²) < 4.78 is 0. The third-order valence-electron chi connectivity index (χ3n) is 6.17. The number of carbonyl (C=O) groups excluding carboxylic acids is 1. The molecular weight excluding hydrogens is 312 g/mol. The van der Waals surface area contributed by atoms with E-state index in [1.54, 1.807) is 0 Å². The second-order valence-electron chi connectivity index (χ2n) is 8.51. The summed E-state index contributed by atoms with van der Waals surface area (Å²) in [5.41, 5.74) is 2.15. The van der Waals surface area contributed by atoms with Crippen LogP contribution in [0.2, 0.25) is 0 Å². The van der Waals surface area contributed by atoms with Gasteiger partial charge < -0.3 is 15.3 Å². The highest BCUT2D eigenvalue weighted by Gasteiger charge is 2.35. The monoisotopic (exact) mass is 344 g/mol. The van der Waals surface area contributed by atoms with Crippen molar-refractivity contribution >= 4 is 6.03 Å². The lowest BCUT2D eigenvalue weighted by atomic mass is 9.80. The van der Waals surface area contributed by atoms with Crippen LogP contribution in [0.15, 0.2) is 24.3 Å². The van der Waals surface area contributed by atoms with Gasteiger partial charge in [0, 0.05) is 24.5 Å². The summed E-state index contributed by atoms with van der Waals surface area (Å²) in [6.07, 6.45) is 5.01. The van der Waals surface area contributed by atoms with Crippen LogP contribution in [0.4, 0.5) is 4.79 Å². The van der Waals surface area contributed by atoms with Crippen molar-refractivity contribution in [1.29, 1.82) is 0 Å². The minimum absolute atomic E-state index is 0.0422. The highest BCUT2D eigenvalue weighted by molar-refractivity contribution is 5.75. The highest BCUT2D eigenvalue weighted by Crippen LogP contribution is 2.32. The lowest BCUT2D eigenvalue weighted by Gasteiger charge is -2.37. The van der Waals surface area contributed by atoms with Gasteiger partial charge in [-0.05, 0) is 49.7 Å². The quantitative estimate of drug-likeness (QED) is 0.861. The third kappa shape index (κ3) is 4.00. The van der Waals surface area contributed by atoms with Crippen LogP contribution in [-0.4, -0.2) is 40.8 Å². The molecule has 1 aliphatic carbocycles. The molecule has 1 saturated carbocycles. The Morgan fingerprint density at radius 1 is 1.28 bits per heavy atom. The molecule has 3 rings (SSSR count). The molecule has 0 unspecified atom stereocenters. The molecule has 0 radical (unpaired) electrons. The van der Waals surface area contributed by atoms with Gasteiger partial charge in [0.05, 0.1) is 5.60 Å². The van der Waals surface area contributed by atoms with Gasteiger partial charge in [0.25, 0.3) is 0 Å². The average molecular weight is 344 g/mol. The first-order chi connectivity index (χ1) is 11.8. The van der Waals surface area contributed by atoms with Crippen molar-refractivity contribution < 1.29 is 9.90 Å². The number of nitrogens with one attached hydrogen (secondary N) is 1. The van der Waals surface area contributed by atoms with E-state index in [2.05, 4.69) is 43.4 Å². The van der Waals surface area contributed by atoms with Crippen LogP contribution in [-0.2, 0) is 11.8 Å². The fourth-order valence-corrected chi connectivity index (χ4v) is 4.39. The summed E-state index contributed by atoms with van der Waals surface area (Å²) in [6.45, 7) is 7.98. The molecule has 0 atom stereocenters. The van der Waals surface area contributed by atoms with E-state index in [1.165, 1.54) is 11.1 Å². The van der Waals surface area contributed by atoms with Gasteiger partial charge in [0.15, 0.2) is 0 Å². The van der Waals surface area contributed by atoms with Crippen LogP contribution in [0.1, 0.15) is 64.0 Å². The van der Waals surface area contributed by atoms with E-state index in [0.717, 1.165) is 51.6 Å². The number of fused-ring (bicyclic) bond motifs is 1. The number of amides is 2. The normalized spacial score (nSPS) is 28.8. The zero-order valence-corrected chi connectivity index (χ0v) is 15.8. The molecule has 0 aromatic heterocycles. The Morgan fingerprint density at radius 3 is 2.64 bits per heavy atom. The first kappa shape index (κ1) is 18.2. The smallest absolute Gasteiger partial charge is 0.317 e. The Bertz CT molecular complexity index is 618. The SMILES string of the molecule is CCC1(O)CCC(NC(=O)N2CCc3ccccc3C(C)(C)C2)CC1. The van der Waals surface area contributed by atoms with Crippen molar-refractivity contribution in [2.75, 3.05) is 13.1 Å². The number of hydrogen-bond donors (Lipinski definition) is 2. The summed E-state index contributed by atoms with van der Waals surface area (Å²) >= 11 is 0. The Kier molecular flexibility index (Phi) is 5.10. The standard InChI is InChI=1S/C21H32N2O2/c1-4-21(25)12-9-17(10-13-21)22-19(24)23-14-11-16-7-5-6-8-18(16)20(2,3)15-23/h5-8,17,25H,4,9-15H2,1-3H3,(H,22,24). The van der Waals surface area contributed by atoms with Gasteiger partial charge in [-0.2, -0.15) is 0 Å². The summed E-state index contributed by atoms with van der Waals surface area (Å²) in [7, 11) is 0. The van der Waals surface area contributed by atoms with Gasteiger partial charge in [-0.15, -0.1) is 0 Å². The number of nitrogens with zero attached hydrogens (tertiary/aromatic N) is 1. The number of benzene rings is 1. The van der Waals surface area contributed by atoms with E-state index < -0.39 is 5.60 Å². The maximum absolute atomic E-state index is 12.8. The number of urea groups is 1. The van der Waals surface area contributed by atoms with Crippen LogP contribution < -0.4 is 5.32 Å². The fourth-order valence-electron chi connectivity index (χ4n) is 4.39. The van der Waals surface area contributed by atoms with Crippen LogP contribution in [0.5, 0.6) is 0 Å². The van der Waals surface area contributed by atoms with Crippen LogP contribution in [0.3, 0.4) is 0 Å². The number of carbonyl (C=O) groups is 1. The molecule has 4 nitrogen and oxygen atoms in total. The van der Waals surface area contributed by atoms with E-state index in [4.69, 9.17) is 0 Å². The zero-order chi connectivity index (χ0) is 18.1. The van der Waals surface area contributed by atoms with E-state index in [0.29, 0.717) is 0 Å². The minimum Gasteiger partial charge on any atom is -0.390 e. The molecule has 1 fully saturated rings. The first-order valence-corrected chi connectivity index (χ1v) is 9.69. The molecule has 1 aromatic rings. The van der Waals surface area contributed by atoms with E-state index in [9.17, 15) is 9.90 Å². The summed E-state index contributed by atoms with van der Waals surface area (Å²) in [5, 5.41) is 13.6. The highest BCUT2D eigenvalue weighted by atomic mass is 16.3. The molecule has 138 valence electrons. The van der Waals surface area contributed by atoms with E-state index in [-0.39, 0.29) is 17.5 Å². The second kappa shape index (κ2) is 6.99. The molecule has 2 aliphatic rings. The van der Waals surface area contributed by atoms with Gasteiger partial charge in [0.2, 0.25) is 0 Å². The molecule has 4 heteroatoms. The average Bonchev–Trinajstić information content (AvgIpc) is 2.74. The van der Waals surface area contributed by atoms with Crippen molar-refractivity contribution in [1.82, 2.24) is 10.2 Å². The maximum Gasteiger partial charge on any atom is 0.317 e. The maximum atomic E-state index is 12.8. The summed E-state index contributed by atoms with van der Waals surface area (Å²) in [4.78, 5) is 14.8. The lowest BCUT2D eigenvalue weighted by Crippen LogP contribution is -2.50. The van der Waals surface area contributed by atoms with Gasteiger partial charge in [-0.1, -0.05) is 45.0 Å². The predicted molar refractivity (Wildman–Crippen MR) is 101 cm³/mol. The molecular formula is C21H32N2O2. The first-order valence-electron chi connectivity index (χ1n) is 9.69. The van der Waals surface area contributed by atoms with Gasteiger partial charge in [-0.3, -0.25) is 0 Å². The number of rotatable bonds is 2. The minimum atomic E-state index is -0.520. The molecule has 2 amide bonds. The molecule has 25 heavy (non-hydrogen) atoms. The third-order valence-corrected chi connectivity index (χ3v) is 6.17. The molecule has 0 saturated heterocycles. The Hall–Kier alpha value is -1.55. The molecule has 0 bridgehead atoms. The topological polar surface area (TPSA) is 52.6 Å². The largest absolute Gasteiger partial charge is 0.390 e. The fraction of sp³-hybridized carbons (Fsp3) is 0.667. The Labute approximate surface area is 151 Å². The molecule has 1 heterocycles. The van der Waals surface area contributed by atoms with Crippen molar-refractivity contribution in [2.45, 2.75) is 76.4 Å². The van der Waals surface area contributed by atoms with Crippen molar-refractivity contribution in [3.63, 3.8) is 0 Å². The lowest BCUT2D eigenvalue weighted by molar-refractivity contribution is -0.00624. The van der Waals surface area contributed by atoms with Gasteiger partial charge in [-0.25, -0.2) is 4.79 Å². The van der Waals surface area contributed by atoms with Gasteiger partial charge >= 0.3 is 6.03 Å². The van der Waals surface area contributed by atoms with E-state index in [1.807, 2.05) is 11.8 Å². The summed E-state index contributed by atoms with van der Waals surface area (Å²) in [6, 6.07) is 8.80. The van der Waals surface area contributed by atoms with Gasteiger partial charge in [0.1, 0.15) is 0 Å². The predicted octanol–water partition coefficient (Wildman–Crippen LogP) is 3.62.